The molecule has 0 aliphatic carbocycles. The van der Waals surface area contributed by atoms with E-state index in [2.05, 4.69) is 27.7 Å². The van der Waals surface area contributed by atoms with Crippen molar-refractivity contribution >= 4 is 10.0 Å². The minimum atomic E-state index is -3.47. The molecule has 0 amide bonds. The predicted molar refractivity (Wildman–Crippen MR) is 85.1 cm³/mol. The molecule has 0 aliphatic rings. The third-order valence-corrected chi connectivity index (χ3v) is 4.67. The molecule has 122 valence electrons. The Kier molecular flexibility index (Phi) is 9.68. The number of rotatable bonds is 12. The van der Waals surface area contributed by atoms with Crippen LogP contribution in [0.5, 0.6) is 0 Å². The van der Waals surface area contributed by atoms with Crippen LogP contribution < -0.4 is 5.14 Å². The van der Waals surface area contributed by atoms with Gasteiger partial charge in [0.1, 0.15) is 0 Å². The summed E-state index contributed by atoms with van der Waals surface area (Å²) in [6.45, 7) is 9.69. The Morgan fingerprint density at radius 2 is 1.65 bits per heavy atom. The van der Waals surface area contributed by atoms with E-state index >= 15 is 0 Å². The normalized spacial score (nSPS) is 14.4. The summed E-state index contributed by atoms with van der Waals surface area (Å²) in [6, 6.07) is 0. The van der Waals surface area contributed by atoms with Gasteiger partial charge in [0, 0.05) is 12.0 Å². The van der Waals surface area contributed by atoms with Gasteiger partial charge in [-0.2, -0.15) is 0 Å². The molecule has 4 nitrogen and oxygen atoms in total. The summed E-state index contributed by atoms with van der Waals surface area (Å²) in [5.41, 5.74) is -0.316. The zero-order valence-corrected chi connectivity index (χ0v) is 14.5. The Balaban J connectivity index is 4.65. The van der Waals surface area contributed by atoms with Crippen LogP contribution >= 0.6 is 0 Å². The molecule has 0 aromatic rings. The third-order valence-electron chi connectivity index (χ3n) is 3.66. The highest BCUT2D eigenvalue weighted by molar-refractivity contribution is 7.89. The van der Waals surface area contributed by atoms with Crippen LogP contribution in [0.4, 0.5) is 0 Å². The molecule has 0 heterocycles. The lowest BCUT2D eigenvalue weighted by atomic mass is 9.82. The average molecular weight is 308 g/mol. The van der Waals surface area contributed by atoms with Gasteiger partial charge in [-0.1, -0.05) is 47.0 Å². The number of hydrogen-bond acceptors (Lipinski definition) is 3. The van der Waals surface area contributed by atoms with Gasteiger partial charge in [0.2, 0.25) is 10.0 Å². The summed E-state index contributed by atoms with van der Waals surface area (Å²) in [5.74, 6) is 0.555. The second-order valence-corrected chi connectivity index (χ2v) is 7.83. The molecular weight excluding hydrogens is 274 g/mol. The van der Waals surface area contributed by atoms with Crippen molar-refractivity contribution in [3.8, 4) is 0 Å². The fourth-order valence-corrected chi connectivity index (χ4v) is 4.22. The maximum Gasteiger partial charge on any atom is 0.209 e. The molecule has 20 heavy (non-hydrogen) atoms. The van der Waals surface area contributed by atoms with E-state index in [-0.39, 0.29) is 11.2 Å². The van der Waals surface area contributed by atoms with Gasteiger partial charge in [0.25, 0.3) is 0 Å². The quantitative estimate of drug-likeness (QED) is 0.601. The number of hydrogen-bond donors (Lipinski definition) is 1. The molecule has 1 unspecified atom stereocenters. The average Bonchev–Trinajstić information content (AvgIpc) is 2.27. The van der Waals surface area contributed by atoms with Crippen LogP contribution in [0.25, 0.3) is 0 Å². The van der Waals surface area contributed by atoms with Crippen LogP contribution in [-0.4, -0.2) is 27.4 Å². The van der Waals surface area contributed by atoms with E-state index in [1.165, 1.54) is 0 Å². The number of sulfonamides is 1. The van der Waals surface area contributed by atoms with Gasteiger partial charge in [-0.3, -0.25) is 0 Å². The third kappa shape index (κ3) is 8.93. The molecular formula is C15H33NO3S. The monoisotopic (exact) mass is 307 g/mol. The molecule has 0 aromatic carbocycles. The zero-order chi connectivity index (χ0) is 15.6. The Morgan fingerprint density at radius 1 is 1.10 bits per heavy atom. The lowest BCUT2D eigenvalue weighted by Crippen LogP contribution is -2.38. The number of ether oxygens (including phenoxy) is 1. The van der Waals surface area contributed by atoms with Crippen LogP contribution in [0, 0.1) is 11.3 Å². The van der Waals surface area contributed by atoms with Crippen molar-refractivity contribution in [2.45, 2.75) is 66.2 Å². The van der Waals surface area contributed by atoms with Crippen LogP contribution in [0.2, 0.25) is 0 Å². The van der Waals surface area contributed by atoms with Crippen molar-refractivity contribution < 1.29 is 13.2 Å². The molecule has 0 aliphatic heterocycles. The summed E-state index contributed by atoms with van der Waals surface area (Å²) < 4.78 is 28.9. The van der Waals surface area contributed by atoms with Crippen molar-refractivity contribution in [2.24, 2.45) is 16.5 Å². The first-order chi connectivity index (χ1) is 9.28. The molecule has 5 heteroatoms. The molecule has 0 spiro atoms. The summed E-state index contributed by atoms with van der Waals surface area (Å²) in [7, 11) is -3.47. The Labute approximate surface area is 125 Å². The lowest BCUT2D eigenvalue weighted by Gasteiger charge is -2.32. The predicted octanol–water partition coefficient (Wildman–Crippen LogP) is 3.31. The molecule has 1 atom stereocenters. The van der Waals surface area contributed by atoms with Crippen LogP contribution in [0.1, 0.15) is 66.2 Å². The van der Waals surface area contributed by atoms with E-state index < -0.39 is 10.0 Å². The largest absolute Gasteiger partial charge is 0.381 e. The van der Waals surface area contributed by atoms with Crippen molar-refractivity contribution in [1.82, 2.24) is 0 Å². The minimum Gasteiger partial charge on any atom is -0.381 e. The van der Waals surface area contributed by atoms with Crippen molar-refractivity contribution in [1.29, 1.82) is 0 Å². The molecule has 0 saturated carbocycles. The fraction of sp³-hybridized carbons (Fsp3) is 1.00. The van der Waals surface area contributed by atoms with Gasteiger partial charge in [-0.05, 0) is 25.2 Å². The minimum absolute atomic E-state index is 0.0316. The van der Waals surface area contributed by atoms with Gasteiger partial charge >= 0.3 is 0 Å². The molecule has 0 saturated heterocycles. The van der Waals surface area contributed by atoms with E-state index in [1.807, 2.05) is 0 Å². The molecule has 0 aromatic heterocycles. The van der Waals surface area contributed by atoms with E-state index in [9.17, 15) is 8.42 Å². The molecule has 0 fully saturated rings. The van der Waals surface area contributed by atoms with Crippen LogP contribution in [0.3, 0.4) is 0 Å². The highest BCUT2D eigenvalue weighted by Gasteiger charge is 2.33. The van der Waals surface area contributed by atoms with Gasteiger partial charge < -0.3 is 4.74 Å². The Morgan fingerprint density at radius 3 is 2.05 bits per heavy atom. The zero-order valence-electron chi connectivity index (χ0n) is 13.7. The van der Waals surface area contributed by atoms with E-state index in [0.717, 1.165) is 38.5 Å². The van der Waals surface area contributed by atoms with Crippen molar-refractivity contribution in [3.63, 3.8) is 0 Å². The standard InChI is InChI=1S/C15H33NO3S/c1-5-8-14(4)11-19-12-15(9-6-2,10-7-3)13-20(16,17)18/h14H,5-13H2,1-4H3,(H2,16,17,18). The highest BCUT2D eigenvalue weighted by atomic mass is 32.2. The topological polar surface area (TPSA) is 69.4 Å². The van der Waals surface area contributed by atoms with Crippen LogP contribution in [-0.2, 0) is 14.8 Å². The summed E-state index contributed by atoms with van der Waals surface area (Å²) >= 11 is 0. The molecule has 0 radical (unpaired) electrons. The SMILES string of the molecule is CCCC(C)COCC(CCC)(CCC)CS(N)(=O)=O. The smallest absolute Gasteiger partial charge is 0.209 e. The van der Waals surface area contributed by atoms with E-state index in [0.29, 0.717) is 19.1 Å². The van der Waals surface area contributed by atoms with Gasteiger partial charge in [-0.15, -0.1) is 0 Å². The van der Waals surface area contributed by atoms with Crippen LogP contribution in [0.15, 0.2) is 0 Å². The Bertz CT molecular complexity index is 335. The Hall–Kier alpha value is -0.130. The molecule has 0 bridgehead atoms. The number of primary sulfonamides is 1. The van der Waals surface area contributed by atoms with Gasteiger partial charge in [0.15, 0.2) is 0 Å². The molecule has 2 N–H and O–H groups in total. The highest BCUT2D eigenvalue weighted by Crippen LogP contribution is 2.32. The van der Waals surface area contributed by atoms with E-state index in [1.54, 1.807) is 0 Å². The second-order valence-electron chi connectivity index (χ2n) is 6.22. The van der Waals surface area contributed by atoms with Crippen molar-refractivity contribution in [3.05, 3.63) is 0 Å². The maximum atomic E-state index is 11.5. The van der Waals surface area contributed by atoms with Gasteiger partial charge in [0.05, 0.1) is 12.4 Å². The first-order valence-electron chi connectivity index (χ1n) is 7.86. The summed E-state index contributed by atoms with van der Waals surface area (Å²) in [4.78, 5) is 0. The van der Waals surface area contributed by atoms with E-state index in [4.69, 9.17) is 9.88 Å². The second kappa shape index (κ2) is 9.74. The van der Waals surface area contributed by atoms with Gasteiger partial charge in [-0.25, -0.2) is 13.6 Å². The first kappa shape index (κ1) is 19.9. The van der Waals surface area contributed by atoms with Crippen molar-refractivity contribution in [2.75, 3.05) is 19.0 Å². The fourth-order valence-electron chi connectivity index (χ4n) is 3.00. The summed E-state index contributed by atoms with van der Waals surface area (Å²) in [5, 5.41) is 5.28. The first-order valence-corrected chi connectivity index (χ1v) is 9.58. The molecule has 0 rings (SSSR count). The number of nitrogens with two attached hydrogens (primary N) is 1. The summed E-state index contributed by atoms with van der Waals surface area (Å²) in [6.07, 6.45) is 5.88. The maximum absolute atomic E-state index is 11.5. The lowest BCUT2D eigenvalue weighted by molar-refractivity contribution is 0.0263.